The molecular weight excluding hydrogens is 325 g/mol. The summed E-state index contributed by atoms with van der Waals surface area (Å²) in [7, 11) is -1.79. The number of allylic oxidation sites excluding steroid dienone is 2. The van der Waals surface area contributed by atoms with E-state index >= 15 is 0 Å². The molecule has 5 N–H and O–H groups in total. The third-order valence-electron chi connectivity index (χ3n) is 3.28. The van der Waals surface area contributed by atoms with Crippen LogP contribution < -0.4 is 11.4 Å². The Morgan fingerprint density at radius 1 is 1.46 bits per heavy atom. The molecule has 0 amide bonds. The Balaban J connectivity index is 3.33. The molecule has 0 unspecified atom stereocenters. The van der Waals surface area contributed by atoms with Gasteiger partial charge in [-0.2, -0.15) is 0 Å². The van der Waals surface area contributed by atoms with Crippen LogP contribution in [-0.4, -0.2) is 42.6 Å². The van der Waals surface area contributed by atoms with Crippen molar-refractivity contribution in [2.75, 3.05) is 12.8 Å². The van der Waals surface area contributed by atoms with Crippen LogP contribution >= 0.6 is 9.39 Å². The minimum Gasteiger partial charge on any atom is -0.469 e. The predicted octanol–water partition coefficient (Wildman–Crippen LogP) is 1.31. The van der Waals surface area contributed by atoms with Crippen molar-refractivity contribution >= 4 is 45.6 Å². The highest BCUT2D eigenvalue weighted by Crippen LogP contribution is 2.37. The molecule has 130 valence electrons. The number of carbonyl (C=O) groups excluding carboxylic acids is 1. The molecule has 0 fully saturated rings. The number of anilines is 1. The summed E-state index contributed by atoms with van der Waals surface area (Å²) in [5.74, 6) is 7.87. The summed E-state index contributed by atoms with van der Waals surface area (Å²) in [6.45, 7) is 3.49. The average molecular weight is 349 g/mol. The van der Waals surface area contributed by atoms with Crippen LogP contribution in [0.4, 0.5) is 5.69 Å². The molecule has 0 bridgehead atoms. The maximum absolute atomic E-state index is 11.6. The molecule has 0 aliphatic heterocycles. The zero-order valence-corrected chi connectivity index (χ0v) is 15.1. The van der Waals surface area contributed by atoms with Crippen LogP contribution in [0.1, 0.15) is 19.4 Å². The molecule has 6 nitrogen and oxygen atoms in total. The second-order valence-corrected chi connectivity index (χ2v) is 7.84. The van der Waals surface area contributed by atoms with Gasteiger partial charge in [0.25, 0.3) is 0 Å². The van der Waals surface area contributed by atoms with Crippen molar-refractivity contribution in [1.82, 2.24) is 0 Å². The lowest BCUT2D eigenvalue weighted by atomic mass is 9.76. The van der Waals surface area contributed by atoms with E-state index in [0.717, 1.165) is 4.90 Å². The Bertz CT molecular complexity index is 784. The molecule has 0 radical (unpaired) electrons. The highest BCUT2D eigenvalue weighted by molar-refractivity contribution is 8.26. The standard InChI is InChI=1S/C16H24BN3O3S/c1-11(17(19)22)8-12(2)20-24(4,5)15-7-6-14(18)9-13(15)10-16(21)23-3/h6-9,22H,4-5,10,18-19H2,1-3H3/b11-8+,20-12?. The second-order valence-electron chi connectivity index (χ2n) is 5.53. The van der Waals surface area contributed by atoms with Gasteiger partial charge in [0, 0.05) is 16.3 Å². The first-order chi connectivity index (χ1) is 11.1. The SMILES string of the molecule is C=S(=C)(N=C(C)/C=C(\C)B(N)O)c1ccc(N)cc1CC(=O)OC. The van der Waals surface area contributed by atoms with Crippen molar-refractivity contribution in [3.05, 3.63) is 35.3 Å². The lowest BCUT2D eigenvalue weighted by Gasteiger charge is -2.16. The highest BCUT2D eigenvalue weighted by Gasteiger charge is 2.13. The number of benzene rings is 1. The van der Waals surface area contributed by atoms with E-state index in [9.17, 15) is 9.82 Å². The van der Waals surface area contributed by atoms with E-state index in [4.69, 9.17) is 16.1 Å². The van der Waals surface area contributed by atoms with Gasteiger partial charge in [0.1, 0.15) is 0 Å². The monoisotopic (exact) mass is 349 g/mol. The average Bonchev–Trinajstić information content (AvgIpc) is 2.45. The number of carbonyl (C=O) groups is 1. The fraction of sp³-hybridized carbons (Fsp3) is 0.250. The Kier molecular flexibility index (Phi) is 6.83. The lowest BCUT2D eigenvalue weighted by molar-refractivity contribution is -0.139. The number of rotatable bonds is 6. The van der Waals surface area contributed by atoms with Crippen molar-refractivity contribution in [3.8, 4) is 0 Å². The van der Waals surface area contributed by atoms with Gasteiger partial charge >= 0.3 is 13.0 Å². The van der Waals surface area contributed by atoms with Crippen molar-refractivity contribution in [3.63, 3.8) is 0 Å². The van der Waals surface area contributed by atoms with Gasteiger partial charge in [0.2, 0.25) is 0 Å². The topological polar surface area (TPSA) is 111 Å². The number of nitrogens with two attached hydrogens (primary N) is 2. The molecule has 0 spiro atoms. The summed E-state index contributed by atoms with van der Waals surface area (Å²) in [4.78, 5) is 12.4. The largest absolute Gasteiger partial charge is 0.469 e. The number of hydrogen-bond acceptors (Lipinski definition) is 6. The highest BCUT2D eigenvalue weighted by atomic mass is 32.2. The first-order valence-corrected chi connectivity index (χ1v) is 9.12. The normalized spacial score (nSPS) is 12.9. The van der Waals surface area contributed by atoms with Crippen LogP contribution in [0.5, 0.6) is 0 Å². The van der Waals surface area contributed by atoms with Gasteiger partial charge in [-0.25, -0.2) is 4.40 Å². The number of ether oxygens (including phenoxy) is 1. The molecule has 0 aliphatic rings. The molecule has 1 rings (SSSR count). The third-order valence-corrected chi connectivity index (χ3v) is 5.13. The van der Waals surface area contributed by atoms with Crippen molar-refractivity contribution < 1.29 is 14.6 Å². The molecule has 0 saturated heterocycles. The fourth-order valence-electron chi connectivity index (χ4n) is 2.10. The molecule has 24 heavy (non-hydrogen) atoms. The number of esters is 1. The van der Waals surface area contributed by atoms with E-state index in [1.807, 2.05) is 0 Å². The minimum atomic E-state index is -2.07. The molecule has 1 aromatic rings. The summed E-state index contributed by atoms with van der Waals surface area (Å²) in [6, 6.07) is 5.22. The van der Waals surface area contributed by atoms with E-state index in [2.05, 4.69) is 16.1 Å². The van der Waals surface area contributed by atoms with Crippen LogP contribution in [-0.2, 0) is 16.0 Å². The molecule has 0 heterocycles. The first kappa shape index (κ1) is 20.0. The van der Waals surface area contributed by atoms with Crippen molar-refractivity contribution in [1.29, 1.82) is 0 Å². The summed E-state index contributed by atoms with van der Waals surface area (Å²) < 4.78 is 9.29. The Hall–Kier alpha value is -2.03. The summed E-state index contributed by atoms with van der Waals surface area (Å²) >= 11 is 0. The van der Waals surface area contributed by atoms with E-state index < -0.39 is 16.4 Å². The fourth-order valence-corrected chi connectivity index (χ4v) is 3.74. The lowest BCUT2D eigenvalue weighted by Crippen LogP contribution is -2.27. The Labute approximate surface area is 144 Å². The Morgan fingerprint density at radius 2 is 2.08 bits per heavy atom. The van der Waals surface area contributed by atoms with Gasteiger partial charge < -0.3 is 21.1 Å². The van der Waals surface area contributed by atoms with Gasteiger partial charge in [0.15, 0.2) is 0 Å². The number of nitrogen functional groups attached to an aromatic ring is 1. The Morgan fingerprint density at radius 3 is 2.62 bits per heavy atom. The van der Waals surface area contributed by atoms with Gasteiger partial charge in [-0.05, 0) is 43.7 Å². The van der Waals surface area contributed by atoms with Crippen molar-refractivity contribution in [2.45, 2.75) is 25.2 Å². The maximum atomic E-state index is 11.6. The van der Waals surface area contributed by atoms with Crippen molar-refractivity contribution in [2.24, 2.45) is 10.0 Å². The van der Waals surface area contributed by atoms with Gasteiger partial charge in [0.05, 0.1) is 13.5 Å². The van der Waals surface area contributed by atoms with Crippen LogP contribution in [0.3, 0.4) is 0 Å². The maximum Gasteiger partial charge on any atom is 0.405 e. The number of methoxy groups -OCH3 is 1. The smallest absolute Gasteiger partial charge is 0.405 e. The molecule has 0 aromatic heterocycles. The molecule has 0 atom stereocenters. The summed E-state index contributed by atoms with van der Waals surface area (Å²) in [5, 5.41) is 9.35. The van der Waals surface area contributed by atoms with Crippen LogP contribution in [0.2, 0.25) is 0 Å². The molecule has 0 aliphatic carbocycles. The van der Waals surface area contributed by atoms with Gasteiger partial charge in [-0.15, -0.1) is 0 Å². The van der Waals surface area contributed by atoms with E-state index in [0.29, 0.717) is 22.4 Å². The van der Waals surface area contributed by atoms with E-state index in [1.54, 1.807) is 38.1 Å². The van der Waals surface area contributed by atoms with Crippen LogP contribution in [0.25, 0.3) is 0 Å². The second kappa shape index (κ2) is 8.19. The molecular formula is C16H24BN3O3S. The van der Waals surface area contributed by atoms with E-state index in [-0.39, 0.29) is 12.4 Å². The van der Waals surface area contributed by atoms with Gasteiger partial charge in [-0.1, -0.05) is 26.6 Å². The quantitative estimate of drug-likeness (QED) is 0.236. The summed E-state index contributed by atoms with van der Waals surface area (Å²) in [5.41, 5.74) is 13.7. The zero-order chi connectivity index (χ0) is 18.5. The molecule has 0 saturated carbocycles. The first-order valence-electron chi connectivity index (χ1n) is 7.20. The summed E-state index contributed by atoms with van der Waals surface area (Å²) in [6.07, 6.45) is 1.75. The van der Waals surface area contributed by atoms with Crippen LogP contribution in [0, 0.1) is 0 Å². The van der Waals surface area contributed by atoms with Gasteiger partial charge in [-0.3, -0.25) is 4.79 Å². The predicted molar refractivity (Wildman–Crippen MR) is 106 cm³/mol. The van der Waals surface area contributed by atoms with E-state index in [1.165, 1.54) is 7.11 Å². The number of nitrogens with zero attached hydrogens (tertiary/aromatic N) is 1. The molecule has 1 aromatic carbocycles. The molecule has 8 heteroatoms. The third kappa shape index (κ3) is 5.56. The minimum absolute atomic E-state index is 0.0710. The van der Waals surface area contributed by atoms with Crippen LogP contribution in [0.15, 0.2) is 39.0 Å². The number of hydrogen-bond donors (Lipinski definition) is 3. The zero-order valence-electron chi connectivity index (χ0n) is 14.3.